The van der Waals surface area contributed by atoms with Gasteiger partial charge in [-0.05, 0) is 20.8 Å². The van der Waals surface area contributed by atoms with Crippen LogP contribution in [0.4, 0.5) is 5.13 Å². The lowest BCUT2D eigenvalue weighted by Gasteiger charge is -2.32. The van der Waals surface area contributed by atoms with E-state index >= 15 is 0 Å². The summed E-state index contributed by atoms with van der Waals surface area (Å²) in [5.41, 5.74) is -0.459. The number of ketones is 1. The van der Waals surface area contributed by atoms with Crippen LogP contribution in [0.1, 0.15) is 46.0 Å². The van der Waals surface area contributed by atoms with Gasteiger partial charge in [0.15, 0.2) is 23.2 Å². The Morgan fingerprint density at radius 1 is 1.38 bits per heavy atom. The molecule has 2 N–H and O–H groups in total. The molecule has 2 heterocycles. The number of fused-ring (bicyclic) bond motifs is 1. The molecule has 0 radical (unpaired) electrons. The molecule has 1 aliphatic heterocycles. The molecular formula is C19H20N2O7S. The molecule has 0 saturated carbocycles. The van der Waals surface area contributed by atoms with E-state index in [4.69, 9.17) is 9.47 Å². The van der Waals surface area contributed by atoms with Crippen LogP contribution in [0.15, 0.2) is 12.1 Å². The fraction of sp³-hybridized carbons (Fsp3) is 0.368. The number of aryl methyl sites for hydroxylation is 1. The Morgan fingerprint density at radius 3 is 2.79 bits per heavy atom. The van der Waals surface area contributed by atoms with E-state index in [9.17, 15) is 19.5 Å². The van der Waals surface area contributed by atoms with Crippen molar-refractivity contribution >= 4 is 34.1 Å². The minimum atomic E-state index is -0.702. The smallest absolute Gasteiger partial charge is 0.357 e. The predicted molar refractivity (Wildman–Crippen MR) is 104 cm³/mol. The van der Waals surface area contributed by atoms with Crippen LogP contribution in [0, 0.1) is 6.92 Å². The largest absolute Gasteiger partial charge is 0.507 e. The van der Waals surface area contributed by atoms with Crippen molar-refractivity contribution < 1.29 is 33.7 Å². The van der Waals surface area contributed by atoms with Crippen LogP contribution in [0.3, 0.4) is 0 Å². The van der Waals surface area contributed by atoms with E-state index in [1.165, 1.54) is 19.2 Å². The van der Waals surface area contributed by atoms with Gasteiger partial charge in [-0.25, -0.2) is 9.78 Å². The van der Waals surface area contributed by atoms with Gasteiger partial charge in [-0.15, -0.1) is 11.3 Å². The molecule has 9 nitrogen and oxygen atoms in total. The fourth-order valence-corrected chi connectivity index (χ4v) is 3.69. The number of rotatable bonds is 5. The highest BCUT2D eigenvalue weighted by molar-refractivity contribution is 7.16. The molecule has 1 amide bonds. The quantitative estimate of drug-likeness (QED) is 0.708. The van der Waals surface area contributed by atoms with Crippen LogP contribution in [-0.4, -0.2) is 47.1 Å². The van der Waals surface area contributed by atoms with Crippen molar-refractivity contribution in [3.63, 3.8) is 0 Å². The summed E-state index contributed by atoms with van der Waals surface area (Å²) in [5.74, 6) is -1.20. The molecule has 29 heavy (non-hydrogen) atoms. The number of aromatic hydroxyl groups is 1. The normalized spacial score (nSPS) is 14.6. The van der Waals surface area contributed by atoms with Crippen molar-refractivity contribution in [2.75, 3.05) is 19.0 Å². The number of carbonyl (C=O) groups excluding carboxylic acids is 3. The maximum absolute atomic E-state index is 12.2. The Balaban J connectivity index is 1.68. The zero-order valence-electron chi connectivity index (χ0n) is 16.3. The number of carbonyl (C=O) groups is 3. The molecule has 0 saturated heterocycles. The van der Waals surface area contributed by atoms with E-state index in [-0.39, 0.29) is 52.4 Å². The van der Waals surface area contributed by atoms with Gasteiger partial charge < -0.3 is 19.3 Å². The third-order valence-corrected chi connectivity index (χ3v) is 4.98. The van der Waals surface area contributed by atoms with Crippen LogP contribution >= 0.6 is 11.3 Å². The maximum Gasteiger partial charge on any atom is 0.357 e. The lowest BCUT2D eigenvalue weighted by molar-refractivity contribution is -0.118. The number of hydrogen-bond donors (Lipinski definition) is 2. The van der Waals surface area contributed by atoms with E-state index in [0.717, 1.165) is 11.3 Å². The van der Waals surface area contributed by atoms with Crippen molar-refractivity contribution in [2.45, 2.75) is 32.8 Å². The number of hydrogen-bond acceptors (Lipinski definition) is 9. The summed E-state index contributed by atoms with van der Waals surface area (Å²) in [5, 5.41) is 12.9. The number of phenols is 1. The maximum atomic E-state index is 12.2. The second-order valence-electron chi connectivity index (χ2n) is 7.03. The molecule has 10 heteroatoms. The number of nitrogens with zero attached hydrogens (tertiary/aromatic N) is 1. The molecule has 1 aromatic heterocycles. The van der Waals surface area contributed by atoms with E-state index < -0.39 is 17.5 Å². The van der Waals surface area contributed by atoms with Gasteiger partial charge >= 0.3 is 5.97 Å². The van der Waals surface area contributed by atoms with E-state index in [1.807, 2.05) is 0 Å². The Kier molecular flexibility index (Phi) is 5.47. The first-order valence-corrected chi connectivity index (χ1v) is 9.49. The highest BCUT2D eigenvalue weighted by atomic mass is 32.1. The van der Waals surface area contributed by atoms with Crippen LogP contribution in [0.5, 0.6) is 17.2 Å². The summed E-state index contributed by atoms with van der Waals surface area (Å²) in [4.78, 5) is 40.6. The van der Waals surface area contributed by atoms with Gasteiger partial charge in [0.2, 0.25) is 0 Å². The zero-order chi connectivity index (χ0) is 21.3. The topological polar surface area (TPSA) is 124 Å². The number of methoxy groups -OCH3 is 1. The number of anilines is 1. The Labute approximate surface area is 170 Å². The predicted octanol–water partition coefficient (Wildman–Crippen LogP) is 2.71. The number of thiazole rings is 1. The van der Waals surface area contributed by atoms with Crippen LogP contribution in [0.25, 0.3) is 0 Å². The summed E-state index contributed by atoms with van der Waals surface area (Å²) in [7, 11) is 1.25. The lowest BCUT2D eigenvalue weighted by atomic mass is 9.92. The number of aromatic nitrogens is 1. The van der Waals surface area contributed by atoms with Gasteiger partial charge in [-0.1, -0.05) is 0 Å². The van der Waals surface area contributed by atoms with E-state index in [0.29, 0.717) is 4.88 Å². The molecule has 3 rings (SSSR count). The molecule has 0 bridgehead atoms. The first-order valence-electron chi connectivity index (χ1n) is 8.67. The number of phenolic OH excluding ortho intramolecular Hbond substituents is 1. The Morgan fingerprint density at radius 2 is 2.10 bits per heavy atom. The van der Waals surface area contributed by atoms with Crippen molar-refractivity contribution in [3.05, 3.63) is 28.3 Å². The molecule has 0 fully saturated rings. The Hall–Kier alpha value is -3.14. The number of esters is 1. The van der Waals surface area contributed by atoms with Crippen molar-refractivity contribution in [1.29, 1.82) is 0 Å². The molecular weight excluding hydrogens is 400 g/mol. The van der Waals surface area contributed by atoms with Gasteiger partial charge in [0.25, 0.3) is 5.91 Å². The minimum Gasteiger partial charge on any atom is -0.507 e. The molecule has 0 spiro atoms. The van der Waals surface area contributed by atoms with Gasteiger partial charge in [0, 0.05) is 17.0 Å². The summed E-state index contributed by atoms with van der Waals surface area (Å²) >= 11 is 1.13. The van der Waals surface area contributed by atoms with Crippen molar-refractivity contribution in [2.24, 2.45) is 0 Å². The molecule has 1 aromatic carbocycles. The summed E-state index contributed by atoms with van der Waals surface area (Å²) < 4.78 is 15.8. The van der Waals surface area contributed by atoms with Crippen LogP contribution < -0.4 is 14.8 Å². The first kappa shape index (κ1) is 20.6. The first-order chi connectivity index (χ1) is 13.6. The summed E-state index contributed by atoms with van der Waals surface area (Å²) in [6.45, 7) is 4.85. The van der Waals surface area contributed by atoms with Crippen LogP contribution in [-0.2, 0) is 9.53 Å². The highest BCUT2D eigenvalue weighted by Gasteiger charge is 2.35. The molecule has 0 atom stereocenters. The third kappa shape index (κ3) is 4.48. The molecule has 0 unspecified atom stereocenters. The highest BCUT2D eigenvalue weighted by Crippen LogP contribution is 2.40. The number of amides is 1. The Bertz CT molecular complexity index is 997. The summed E-state index contributed by atoms with van der Waals surface area (Å²) in [6, 6.07) is 2.72. The average Bonchev–Trinajstić information content (AvgIpc) is 2.97. The SMILES string of the molecule is COC(=O)c1nc(NC(=O)COc2cc(O)c3c(c2)OC(C)(C)CC3=O)sc1C. The fourth-order valence-electron chi connectivity index (χ4n) is 2.87. The third-order valence-electron chi connectivity index (χ3n) is 4.10. The van der Waals surface area contributed by atoms with Crippen molar-refractivity contribution in [3.8, 4) is 17.2 Å². The monoisotopic (exact) mass is 420 g/mol. The molecule has 0 aliphatic carbocycles. The molecule has 1 aliphatic rings. The van der Waals surface area contributed by atoms with Gasteiger partial charge in [-0.2, -0.15) is 0 Å². The number of Topliss-reactive ketones (excluding diaryl/α,β-unsaturated/α-hetero) is 1. The van der Waals surface area contributed by atoms with Crippen molar-refractivity contribution in [1.82, 2.24) is 4.98 Å². The van der Waals surface area contributed by atoms with Gasteiger partial charge in [0.05, 0.1) is 13.5 Å². The molecule has 154 valence electrons. The van der Waals surface area contributed by atoms with Crippen LogP contribution in [0.2, 0.25) is 0 Å². The zero-order valence-corrected chi connectivity index (χ0v) is 17.1. The van der Waals surface area contributed by atoms with E-state index in [2.05, 4.69) is 15.0 Å². The van der Waals surface area contributed by atoms with E-state index in [1.54, 1.807) is 20.8 Å². The van der Waals surface area contributed by atoms with Gasteiger partial charge in [-0.3, -0.25) is 14.9 Å². The number of ether oxygens (including phenoxy) is 3. The standard InChI is InChI=1S/C19H20N2O7S/c1-9-16(17(25)26-4)21-18(29-9)20-14(24)8-27-10-5-11(22)15-12(23)7-19(2,3)28-13(15)6-10/h5-6,22H,7-8H2,1-4H3,(H,20,21,24). The second kappa shape index (κ2) is 7.70. The average molecular weight is 420 g/mol. The number of benzene rings is 1. The second-order valence-corrected chi connectivity index (χ2v) is 8.23. The minimum absolute atomic E-state index is 0.106. The number of nitrogens with one attached hydrogen (secondary N) is 1. The lowest BCUT2D eigenvalue weighted by Crippen LogP contribution is -2.35. The summed E-state index contributed by atoms with van der Waals surface area (Å²) in [6.07, 6.45) is 0.150. The van der Waals surface area contributed by atoms with Gasteiger partial charge in [0.1, 0.15) is 28.4 Å². The molecule has 2 aromatic rings.